The molecule has 1 fully saturated rings. The van der Waals surface area contributed by atoms with Crippen LogP contribution in [-0.2, 0) is 11.3 Å². The molecule has 3 aromatic carbocycles. The fraction of sp³-hybridized carbons (Fsp3) is 0.0769. The SMILES string of the molecule is O=C1NC(=Nc2ccc(Br)cc2)S/C1=C\c1cn(CCSc2ccc(Cl)cc2)c2ccccc12. The minimum absolute atomic E-state index is 0.129. The zero-order valence-electron chi connectivity index (χ0n) is 17.9. The largest absolute Gasteiger partial charge is 0.346 e. The number of carbonyl (C=O) groups excluding carboxylic acids is 1. The van der Waals surface area contributed by atoms with E-state index in [0.29, 0.717) is 10.1 Å². The number of aromatic nitrogens is 1. The fourth-order valence-corrected chi connectivity index (χ4v) is 5.70. The molecule has 0 unspecified atom stereocenters. The molecule has 5 rings (SSSR count). The maximum absolute atomic E-state index is 12.6. The Hall–Kier alpha value is -2.45. The molecule has 1 N–H and O–H groups in total. The summed E-state index contributed by atoms with van der Waals surface area (Å²) in [5, 5.41) is 5.33. The summed E-state index contributed by atoms with van der Waals surface area (Å²) in [6.45, 7) is 0.854. The Morgan fingerprint density at radius 2 is 1.82 bits per heavy atom. The molecule has 1 aliphatic rings. The van der Waals surface area contributed by atoms with Gasteiger partial charge in [0.05, 0.1) is 10.6 Å². The third kappa shape index (κ3) is 5.44. The zero-order chi connectivity index (χ0) is 23.5. The Morgan fingerprint density at radius 1 is 1.06 bits per heavy atom. The molecule has 0 radical (unpaired) electrons. The molecule has 0 atom stereocenters. The standard InChI is InChI=1S/C26H19BrClN3OS2/c27-18-5-9-20(10-6-18)29-26-30-25(32)24(34-26)15-17-16-31(23-4-2-1-3-22(17)23)13-14-33-21-11-7-19(28)8-12-21/h1-12,15-16H,13-14H2,(H,29,30,32)/b24-15-. The van der Waals surface area contributed by atoms with E-state index in [2.05, 4.69) is 49.1 Å². The molecule has 8 heteroatoms. The zero-order valence-corrected chi connectivity index (χ0v) is 21.8. The van der Waals surface area contributed by atoms with Gasteiger partial charge >= 0.3 is 0 Å². The van der Waals surface area contributed by atoms with Crippen LogP contribution in [0.15, 0.2) is 98.3 Å². The summed E-state index contributed by atoms with van der Waals surface area (Å²) < 4.78 is 3.24. The van der Waals surface area contributed by atoms with Crippen LogP contribution in [-0.4, -0.2) is 21.4 Å². The normalized spacial score (nSPS) is 16.0. The van der Waals surface area contributed by atoms with E-state index in [4.69, 9.17) is 11.6 Å². The van der Waals surface area contributed by atoms with Crippen molar-refractivity contribution < 1.29 is 4.79 Å². The van der Waals surface area contributed by atoms with Gasteiger partial charge in [-0.05, 0) is 72.4 Å². The number of fused-ring (bicyclic) bond motifs is 1. The van der Waals surface area contributed by atoms with Gasteiger partial charge in [0.1, 0.15) is 0 Å². The highest BCUT2D eigenvalue weighted by Gasteiger charge is 2.24. The van der Waals surface area contributed by atoms with Gasteiger partial charge in [-0.15, -0.1) is 11.8 Å². The number of nitrogens with zero attached hydrogens (tertiary/aromatic N) is 2. The number of hydrogen-bond donors (Lipinski definition) is 1. The maximum Gasteiger partial charge on any atom is 0.264 e. The second-order valence-electron chi connectivity index (χ2n) is 7.56. The fourth-order valence-electron chi connectivity index (χ4n) is 3.62. The predicted octanol–water partition coefficient (Wildman–Crippen LogP) is 7.74. The van der Waals surface area contributed by atoms with Crippen LogP contribution in [0.1, 0.15) is 5.56 Å². The van der Waals surface area contributed by atoms with Gasteiger partial charge in [0.15, 0.2) is 5.17 Å². The lowest BCUT2D eigenvalue weighted by Crippen LogP contribution is -2.19. The Bertz CT molecular complexity index is 1410. The molecule has 0 aliphatic carbocycles. The first-order valence-corrected chi connectivity index (χ1v) is 13.5. The van der Waals surface area contributed by atoms with Gasteiger partial charge in [-0.1, -0.05) is 45.7 Å². The van der Waals surface area contributed by atoms with Crippen molar-refractivity contribution in [2.75, 3.05) is 5.75 Å². The molecular formula is C26H19BrClN3OS2. The molecule has 1 aliphatic heterocycles. The third-order valence-electron chi connectivity index (χ3n) is 5.23. The smallest absolute Gasteiger partial charge is 0.264 e. The first-order valence-electron chi connectivity index (χ1n) is 10.6. The molecule has 1 saturated heterocycles. The van der Waals surface area contributed by atoms with Crippen molar-refractivity contribution in [2.24, 2.45) is 4.99 Å². The summed E-state index contributed by atoms with van der Waals surface area (Å²) >= 11 is 12.6. The van der Waals surface area contributed by atoms with Gasteiger partial charge in [-0.3, -0.25) is 4.79 Å². The molecule has 1 aromatic heterocycles. The van der Waals surface area contributed by atoms with Crippen molar-refractivity contribution >= 4 is 84.8 Å². The summed E-state index contributed by atoms with van der Waals surface area (Å²) in [6, 6.07) is 23.9. The first-order chi connectivity index (χ1) is 16.5. The molecule has 34 heavy (non-hydrogen) atoms. The van der Waals surface area contributed by atoms with Crippen molar-refractivity contribution in [3.05, 3.63) is 99.0 Å². The lowest BCUT2D eigenvalue weighted by molar-refractivity contribution is -0.115. The van der Waals surface area contributed by atoms with Crippen LogP contribution in [0.2, 0.25) is 5.02 Å². The van der Waals surface area contributed by atoms with Crippen LogP contribution in [0, 0.1) is 0 Å². The summed E-state index contributed by atoms with van der Waals surface area (Å²) in [5.74, 6) is 0.797. The quantitative estimate of drug-likeness (QED) is 0.191. The van der Waals surface area contributed by atoms with E-state index < -0.39 is 0 Å². The van der Waals surface area contributed by atoms with Gasteiger partial charge in [0.2, 0.25) is 0 Å². The number of benzene rings is 3. The van der Waals surface area contributed by atoms with Gasteiger partial charge < -0.3 is 9.88 Å². The van der Waals surface area contributed by atoms with Crippen LogP contribution < -0.4 is 5.32 Å². The van der Waals surface area contributed by atoms with E-state index in [1.165, 1.54) is 16.7 Å². The number of hydrogen-bond acceptors (Lipinski definition) is 4. The van der Waals surface area contributed by atoms with Crippen LogP contribution >= 0.6 is 51.1 Å². The average Bonchev–Trinajstić information content (AvgIpc) is 3.36. The summed E-state index contributed by atoms with van der Waals surface area (Å²) in [5.41, 5.74) is 2.97. The third-order valence-corrected chi connectivity index (χ3v) is 7.91. The topological polar surface area (TPSA) is 46.4 Å². The summed E-state index contributed by atoms with van der Waals surface area (Å²) in [7, 11) is 0. The van der Waals surface area contributed by atoms with Crippen molar-refractivity contribution in [1.82, 2.24) is 9.88 Å². The van der Waals surface area contributed by atoms with Gasteiger partial charge in [-0.25, -0.2) is 4.99 Å². The Morgan fingerprint density at radius 3 is 2.62 bits per heavy atom. The molecule has 0 spiro atoms. The summed E-state index contributed by atoms with van der Waals surface area (Å²) in [6.07, 6.45) is 4.08. The van der Waals surface area contributed by atoms with Crippen LogP contribution in [0.25, 0.3) is 17.0 Å². The predicted molar refractivity (Wildman–Crippen MR) is 149 cm³/mol. The van der Waals surface area contributed by atoms with Crippen LogP contribution in [0.5, 0.6) is 0 Å². The molecule has 4 nitrogen and oxygen atoms in total. The number of aryl methyl sites for hydroxylation is 1. The molecule has 2 heterocycles. The second-order valence-corrected chi connectivity index (χ2v) is 11.1. The minimum atomic E-state index is -0.129. The highest BCUT2D eigenvalue weighted by Crippen LogP contribution is 2.31. The lowest BCUT2D eigenvalue weighted by Gasteiger charge is -2.05. The van der Waals surface area contributed by atoms with Gasteiger partial charge in [-0.2, -0.15) is 0 Å². The van der Waals surface area contributed by atoms with Crippen LogP contribution in [0.3, 0.4) is 0 Å². The lowest BCUT2D eigenvalue weighted by atomic mass is 10.1. The number of amidine groups is 1. The van der Waals surface area contributed by atoms with Crippen molar-refractivity contribution in [3.63, 3.8) is 0 Å². The summed E-state index contributed by atoms with van der Waals surface area (Å²) in [4.78, 5) is 19.0. The van der Waals surface area contributed by atoms with Crippen molar-refractivity contribution in [3.8, 4) is 0 Å². The monoisotopic (exact) mass is 567 g/mol. The van der Waals surface area contributed by atoms with Gasteiger partial charge in [0.25, 0.3) is 5.91 Å². The van der Waals surface area contributed by atoms with Crippen molar-refractivity contribution in [2.45, 2.75) is 11.4 Å². The second kappa shape index (κ2) is 10.4. The number of halogens is 2. The molecule has 170 valence electrons. The Balaban J connectivity index is 1.35. The number of amides is 1. The van der Waals surface area contributed by atoms with Crippen LogP contribution in [0.4, 0.5) is 5.69 Å². The number of para-hydroxylation sites is 1. The molecule has 1 amide bonds. The number of nitrogens with one attached hydrogen (secondary N) is 1. The highest BCUT2D eigenvalue weighted by atomic mass is 79.9. The van der Waals surface area contributed by atoms with E-state index in [1.807, 2.05) is 66.7 Å². The number of thioether (sulfide) groups is 2. The van der Waals surface area contributed by atoms with E-state index >= 15 is 0 Å². The number of aliphatic imine (C=N–C) groups is 1. The van der Waals surface area contributed by atoms with Gasteiger partial charge in [0, 0.05) is 49.4 Å². The molecule has 0 bridgehead atoms. The van der Waals surface area contributed by atoms with E-state index in [1.54, 1.807) is 11.8 Å². The minimum Gasteiger partial charge on any atom is -0.346 e. The molecule has 4 aromatic rings. The van der Waals surface area contributed by atoms with E-state index in [9.17, 15) is 4.79 Å². The molecule has 0 saturated carbocycles. The number of rotatable bonds is 6. The Kier molecular flexibility index (Phi) is 7.15. The van der Waals surface area contributed by atoms with Crippen molar-refractivity contribution in [1.29, 1.82) is 0 Å². The van der Waals surface area contributed by atoms with E-state index in [-0.39, 0.29) is 5.91 Å². The first kappa shape index (κ1) is 23.3. The average molecular weight is 569 g/mol. The number of carbonyl (C=O) groups is 1. The highest BCUT2D eigenvalue weighted by molar-refractivity contribution is 9.10. The molecular weight excluding hydrogens is 550 g/mol. The maximum atomic E-state index is 12.6. The Labute approximate surface area is 219 Å². The van der Waals surface area contributed by atoms with E-state index in [0.717, 1.165) is 43.9 Å².